The summed E-state index contributed by atoms with van der Waals surface area (Å²) in [5.41, 5.74) is 3.18. The third kappa shape index (κ3) is 4.33. The first-order valence-corrected chi connectivity index (χ1v) is 12.1. The van der Waals surface area contributed by atoms with Crippen LogP contribution in [0.4, 0.5) is 0 Å². The van der Waals surface area contributed by atoms with Crippen LogP contribution in [0.25, 0.3) is 12.2 Å². The predicted molar refractivity (Wildman–Crippen MR) is 135 cm³/mol. The number of carbonyl (C=O) groups is 1. The number of nitrogens with one attached hydrogen (secondary N) is 1. The van der Waals surface area contributed by atoms with Crippen molar-refractivity contribution in [2.24, 2.45) is 11.8 Å². The van der Waals surface area contributed by atoms with E-state index in [1.807, 2.05) is 72.8 Å². The lowest BCUT2D eigenvalue weighted by molar-refractivity contribution is -0.127. The Kier molecular flexibility index (Phi) is 6.61. The summed E-state index contributed by atoms with van der Waals surface area (Å²) in [6.45, 7) is 3.48. The normalized spacial score (nSPS) is 23.4. The van der Waals surface area contributed by atoms with E-state index in [0.29, 0.717) is 18.7 Å². The number of benzene rings is 1. The average Bonchev–Trinajstić information content (AvgIpc) is 3.13. The molecule has 0 unspecified atom stereocenters. The van der Waals surface area contributed by atoms with Gasteiger partial charge in [-0.25, -0.2) is 0 Å². The number of amides is 1. The SMILES string of the molecule is CCN1[C@@H]2Cn3c(ccc(/C=C/c4ccccc4)c3=O)[C@H]1[C@@H](C(=O)NCc1ccccn1)[C@@H]2CO. The number of pyridine rings is 2. The molecule has 35 heavy (non-hydrogen) atoms. The highest BCUT2D eigenvalue weighted by atomic mass is 16.3. The highest BCUT2D eigenvalue weighted by Crippen LogP contribution is 2.48. The second kappa shape index (κ2) is 9.98. The molecule has 4 heterocycles. The standard InChI is InChI=1S/C28H30N4O3/c1-2-31-24-17-32-23(14-13-20(28(32)35)12-11-19-8-4-3-5-9-19)26(31)25(22(24)18-33)27(34)30-16-21-10-6-7-15-29-21/h3-15,22,24-26,33H,2,16-18H2,1H3,(H,30,34)/b12-11+/t22-,24-,25+,26+/m1/s1. The Balaban J connectivity index is 1.46. The minimum absolute atomic E-state index is 0.0633. The first-order chi connectivity index (χ1) is 17.1. The number of aliphatic hydroxyl groups excluding tert-OH is 1. The number of fused-ring (bicyclic) bond motifs is 4. The van der Waals surface area contributed by atoms with Gasteiger partial charge >= 0.3 is 0 Å². The zero-order valence-electron chi connectivity index (χ0n) is 19.7. The Hall–Kier alpha value is -3.55. The third-order valence-electron chi connectivity index (χ3n) is 7.29. The van der Waals surface area contributed by atoms with E-state index in [4.69, 9.17) is 0 Å². The molecule has 2 bridgehead atoms. The van der Waals surface area contributed by atoms with Gasteiger partial charge in [0.05, 0.1) is 24.2 Å². The molecule has 0 aliphatic carbocycles. The minimum Gasteiger partial charge on any atom is -0.396 e. The molecule has 0 spiro atoms. The molecule has 4 atom stereocenters. The van der Waals surface area contributed by atoms with E-state index in [1.165, 1.54) is 0 Å². The first-order valence-electron chi connectivity index (χ1n) is 12.1. The Morgan fingerprint density at radius 2 is 1.91 bits per heavy atom. The van der Waals surface area contributed by atoms with Crippen molar-refractivity contribution in [3.05, 3.63) is 99.7 Å². The van der Waals surface area contributed by atoms with Gasteiger partial charge < -0.3 is 15.0 Å². The fourth-order valence-electron chi connectivity index (χ4n) is 5.65. The maximum absolute atomic E-state index is 13.5. The van der Waals surface area contributed by atoms with E-state index in [0.717, 1.165) is 23.5 Å². The fourth-order valence-corrected chi connectivity index (χ4v) is 5.65. The zero-order valence-corrected chi connectivity index (χ0v) is 19.7. The monoisotopic (exact) mass is 470 g/mol. The van der Waals surface area contributed by atoms with Crippen LogP contribution in [0.3, 0.4) is 0 Å². The van der Waals surface area contributed by atoms with Gasteiger partial charge in [-0.05, 0) is 42.4 Å². The van der Waals surface area contributed by atoms with Crippen molar-refractivity contribution >= 4 is 18.1 Å². The first kappa shape index (κ1) is 23.2. The highest BCUT2D eigenvalue weighted by molar-refractivity contribution is 5.80. The summed E-state index contributed by atoms with van der Waals surface area (Å²) in [5, 5.41) is 13.3. The molecule has 2 N–H and O–H groups in total. The van der Waals surface area contributed by atoms with Crippen molar-refractivity contribution in [1.82, 2.24) is 19.8 Å². The Morgan fingerprint density at radius 1 is 1.11 bits per heavy atom. The van der Waals surface area contributed by atoms with Crippen molar-refractivity contribution in [3.8, 4) is 0 Å². The average molecular weight is 471 g/mol. The molecule has 2 aromatic heterocycles. The van der Waals surface area contributed by atoms with Gasteiger partial charge in [0, 0.05) is 42.6 Å². The van der Waals surface area contributed by atoms with Gasteiger partial charge in [0.1, 0.15) is 0 Å². The molecule has 1 amide bonds. The van der Waals surface area contributed by atoms with Crippen LogP contribution in [0.5, 0.6) is 0 Å². The Bertz CT molecular complexity index is 1270. The lowest BCUT2D eigenvalue weighted by Crippen LogP contribution is -2.46. The summed E-state index contributed by atoms with van der Waals surface area (Å²) in [6, 6.07) is 18.9. The predicted octanol–water partition coefficient (Wildman–Crippen LogP) is 2.71. The van der Waals surface area contributed by atoms with Gasteiger partial charge in [0.2, 0.25) is 5.91 Å². The second-order valence-corrected chi connectivity index (χ2v) is 9.13. The van der Waals surface area contributed by atoms with Crippen LogP contribution in [-0.4, -0.2) is 44.7 Å². The summed E-state index contributed by atoms with van der Waals surface area (Å²) >= 11 is 0. The van der Waals surface area contributed by atoms with Crippen molar-refractivity contribution in [1.29, 1.82) is 0 Å². The molecule has 1 fully saturated rings. The van der Waals surface area contributed by atoms with E-state index in [-0.39, 0.29) is 36.1 Å². The van der Waals surface area contributed by atoms with E-state index < -0.39 is 5.92 Å². The van der Waals surface area contributed by atoms with Gasteiger partial charge in [-0.3, -0.25) is 19.5 Å². The Morgan fingerprint density at radius 3 is 2.63 bits per heavy atom. The summed E-state index contributed by atoms with van der Waals surface area (Å²) in [7, 11) is 0. The maximum atomic E-state index is 13.5. The highest BCUT2D eigenvalue weighted by Gasteiger charge is 2.55. The summed E-state index contributed by atoms with van der Waals surface area (Å²) in [5.74, 6) is -0.826. The number of carbonyl (C=O) groups excluding carboxylic acids is 1. The number of hydrogen-bond donors (Lipinski definition) is 2. The number of likely N-dealkylation sites (N-methyl/N-ethyl adjacent to an activating group) is 1. The molecule has 2 aliphatic rings. The summed E-state index contributed by atoms with van der Waals surface area (Å²) in [4.78, 5) is 33.4. The van der Waals surface area contributed by atoms with Crippen LogP contribution in [0.1, 0.15) is 35.5 Å². The lowest BCUT2D eigenvalue weighted by atomic mass is 9.86. The summed E-state index contributed by atoms with van der Waals surface area (Å²) in [6.07, 6.45) is 5.48. The van der Waals surface area contributed by atoms with Crippen LogP contribution >= 0.6 is 0 Å². The van der Waals surface area contributed by atoms with Crippen LogP contribution < -0.4 is 10.9 Å². The van der Waals surface area contributed by atoms with E-state index >= 15 is 0 Å². The van der Waals surface area contributed by atoms with Gasteiger partial charge in [0.15, 0.2) is 0 Å². The molecule has 0 radical (unpaired) electrons. The topological polar surface area (TPSA) is 87.5 Å². The van der Waals surface area contributed by atoms with Crippen molar-refractivity contribution in [3.63, 3.8) is 0 Å². The molecular weight excluding hydrogens is 440 g/mol. The number of rotatable bonds is 7. The molecule has 7 nitrogen and oxygen atoms in total. The van der Waals surface area contributed by atoms with Crippen molar-refractivity contribution < 1.29 is 9.90 Å². The molecule has 2 aliphatic heterocycles. The third-order valence-corrected chi connectivity index (χ3v) is 7.29. The summed E-state index contributed by atoms with van der Waals surface area (Å²) < 4.78 is 1.81. The van der Waals surface area contributed by atoms with E-state index in [9.17, 15) is 14.7 Å². The van der Waals surface area contributed by atoms with Crippen molar-refractivity contribution in [2.75, 3.05) is 13.2 Å². The quantitative estimate of drug-likeness (QED) is 0.555. The molecule has 1 saturated heterocycles. The van der Waals surface area contributed by atoms with Crippen LogP contribution in [0, 0.1) is 11.8 Å². The number of aliphatic hydroxyl groups is 1. The molecule has 3 aromatic rings. The molecule has 5 rings (SSSR count). The van der Waals surface area contributed by atoms with Crippen molar-refractivity contribution in [2.45, 2.75) is 32.1 Å². The largest absolute Gasteiger partial charge is 0.396 e. The van der Waals surface area contributed by atoms with Gasteiger partial charge in [0.25, 0.3) is 5.56 Å². The van der Waals surface area contributed by atoms with E-state index in [1.54, 1.807) is 10.8 Å². The van der Waals surface area contributed by atoms with Gasteiger partial charge in [-0.2, -0.15) is 0 Å². The molecule has 1 aromatic carbocycles. The smallest absolute Gasteiger partial charge is 0.258 e. The van der Waals surface area contributed by atoms with Crippen LogP contribution in [-0.2, 0) is 17.9 Å². The minimum atomic E-state index is -0.451. The van der Waals surface area contributed by atoms with Gasteiger partial charge in [-0.1, -0.05) is 49.4 Å². The number of aromatic nitrogens is 2. The Labute approximate surface area is 204 Å². The fraction of sp³-hybridized carbons (Fsp3) is 0.321. The number of nitrogens with zero attached hydrogens (tertiary/aromatic N) is 3. The number of hydrogen-bond acceptors (Lipinski definition) is 5. The van der Waals surface area contributed by atoms with Crippen LogP contribution in [0.2, 0.25) is 0 Å². The zero-order chi connectivity index (χ0) is 24.4. The van der Waals surface area contributed by atoms with E-state index in [2.05, 4.69) is 22.1 Å². The molecule has 180 valence electrons. The van der Waals surface area contributed by atoms with Gasteiger partial charge in [-0.15, -0.1) is 0 Å². The second-order valence-electron chi connectivity index (χ2n) is 9.13. The molecule has 7 heteroatoms. The van der Waals surface area contributed by atoms with Crippen LogP contribution in [0.15, 0.2) is 71.7 Å². The lowest BCUT2D eigenvalue weighted by Gasteiger charge is -2.37. The molecule has 0 saturated carbocycles. The molecular formula is C28H30N4O3. The maximum Gasteiger partial charge on any atom is 0.258 e.